The summed E-state index contributed by atoms with van der Waals surface area (Å²) in [5.41, 5.74) is 0.659. The molecule has 0 unspecified atom stereocenters. The summed E-state index contributed by atoms with van der Waals surface area (Å²) in [5.74, 6) is -1.07. The van der Waals surface area contributed by atoms with Crippen LogP contribution in [-0.4, -0.2) is 45.3 Å². The molecule has 23 heavy (non-hydrogen) atoms. The van der Waals surface area contributed by atoms with Crippen LogP contribution < -0.4 is 10.1 Å². The number of aliphatic carboxylic acids is 1. The van der Waals surface area contributed by atoms with Gasteiger partial charge in [-0.2, -0.15) is 5.10 Å². The summed E-state index contributed by atoms with van der Waals surface area (Å²) in [4.78, 5) is 22.2. The van der Waals surface area contributed by atoms with Gasteiger partial charge in [-0.15, -0.1) is 5.10 Å². The van der Waals surface area contributed by atoms with E-state index in [-0.39, 0.29) is 17.3 Å². The van der Waals surface area contributed by atoms with Crippen LogP contribution in [0.2, 0.25) is 0 Å². The Kier molecular flexibility index (Phi) is 5.58. The number of carbonyl (C=O) groups excluding carboxylic acids is 1. The number of aromatic hydroxyl groups is 1. The second kappa shape index (κ2) is 7.63. The van der Waals surface area contributed by atoms with Gasteiger partial charge in [0, 0.05) is 0 Å². The molecule has 2 rings (SSSR count). The Hall–Kier alpha value is -2.55. The van der Waals surface area contributed by atoms with E-state index in [0.29, 0.717) is 17.9 Å². The second-order valence-electron chi connectivity index (χ2n) is 4.50. The topological polar surface area (TPSA) is 121 Å². The van der Waals surface area contributed by atoms with Crippen molar-refractivity contribution in [3.8, 4) is 11.5 Å². The molecular weight excluding hydrogens is 322 g/mol. The lowest BCUT2D eigenvalue weighted by atomic mass is 10.2. The molecule has 1 heterocycles. The van der Waals surface area contributed by atoms with Crippen LogP contribution in [0.4, 0.5) is 0 Å². The van der Waals surface area contributed by atoms with E-state index >= 15 is 0 Å². The lowest BCUT2D eigenvalue weighted by Crippen LogP contribution is -2.26. The van der Waals surface area contributed by atoms with Gasteiger partial charge in [-0.05, 0) is 30.7 Å². The standard InChI is InChI=1S/C14H15N3O5S/c1-2-22-10-5-8(3-4-9(10)18)7-15-17-14-16-13(21)11(23-14)6-12(19)20/h3-5,7,11,18H,2,6H2,1H3,(H,19,20)(H,16,17,21)/b15-7-/t11-/m0/s1. The molecule has 122 valence electrons. The molecule has 9 heteroatoms. The van der Waals surface area contributed by atoms with E-state index in [4.69, 9.17) is 9.84 Å². The Morgan fingerprint density at radius 2 is 2.30 bits per heavy atom. The number of amidine groups is 1. The van der Waals surface area contributed by atoms with Crippen LogP contribution in [0.15, 0.2) is 28.4 Å². The third-order valence-electron chi connectivity index (χ3n) is 2.78. The Bertz CT molecular complexity index is 674. The van der Waals surface area contributed by atoms with Crippen molar-refractivity contribution in [3.63, 3.8) is 0 Å². The van der Waals surface area contributed by atoms with Gasteiger partial charge in [0.15, 0.2) is 16.7 Å². The zero-order valence-electron chi connectivity index (χ0n) is 12.2. The molecule has 1 atom stereocenters. The summed E-state index contributed by atoms with van der Waals surface area (Å²) >= 11 is 1.03. The van der Waals surface area contributed by atoms with Crippen molar-refractivity contribution in [2.45, 2.75) is 18.6 Å². The predicted octanol–water partition coefficient (Wildman–Crippen LogP) is 1.19. The highest BCUT2D eigenvalue weighted by atomic mass is 32.2. The summed E-state index contributed by atoms with van der Waals surface area (Å²) in [6.07, 6.45) is 1.17. The molecule has 0 aliphatic carbocycles. The first-order valence-corrected chi connectivity index (χ1v) is 7.63. The van der Waals surface area contributed by atoms with Gasteiger partial charge in [-0.3, -0.25) is 9.59 Å². The highest BCUT2D eigenvalue weighted by Gasteiger charge is 2.32. The average Bonchev–Trinajstić information content (AvgIpc) is 2.82. The van der Waals surface area contributed by atoms with Crippen LogP contribution in [0.25, 0.3) is 0 Å². The first-order chi connectivity index (χ1) is 11.0. The number of amides is 1. The van der Waals surface area contributed by atoms with Gasteiger partial charge < -0.3 is 20.3 Å². The fraction of sp³-hybridized carbons (Fsp3) is 0.286. The van der Waals surface area contributed by atoms with Crippen LogP contribution in [0.5, 0.6) is 11.5 Å². The molecule has 3 N–H and O–H groups in total. The first-order valence-electron chi connectivity index (χ1n) is 6.75. The third kappa shape index (κ3) is 4.71. The van der Waals surface area contributed by atoms with E-state index in [1.807, 2.05) is 0 Å². The van der Waals surface area contributed by atoms with E-state index in [1.165, 1.54) is 12.3 Å². The number of carboxylic acid groups (broad SMARTS) is 1. The van der Waals surface area contributed by atoms with Gasteiger partial charge in [0.2, 0.25) is 5.91 Å². The van der Waals surface area contributed by atoms with Crippen LogP contribution in [-0.2, 0) is 9.59 Å². The smallest absolute Gasteiger partial charge is 0.305 e. The van der Waals surface area contributed by atoms with Crippen LogP contribution in [0, 0.1) is 0 Å². The van der Waals surface area contributed by atoms with E-state index in [9.17, 15) is 14.7 Å². The van der Waals surface area contributed by atoms with Crippen LogP contribution in [0.3, 0.4) is 0 Å². The number of carboxylic acids is 1. The summed E-state index contributed by atoms with van der Waals surface area (Å²) < 4.78 is 5.26. The number of nitrogens with zero attached hydrogens (tertiary/aromatic N) is 2. The van der Waals surface area contributed by atoms with Gasteiger partial charge in [-0.1, -0.05) is 11.8 Å². The number of rotatable bonds is 6. The number of benzene rings is 1. The molecule has 0 radical (unpaired) electrons. The molecule has 1 saturated heterocycles. The van der Waals surface area contributed by atoms with Gasteiger partial charge in [0.05, 0.1) is 19.2 Å². The van der Waals surface area contributed by atoms with Crippen molar-refractivity contribution < 1.29 is 24.5 Å². The minimum atomic E-state index is -1.05. The minimum Gasteiger partial charge on any atom is -0.504 e. The molecule has 0 bridgehead atoms. The van der Waals surface area contributed by atoms with Crippen molar-refractivity contribution in [2.24, 2.45) is 10.2 Å². The van der Waals surface area contributed by atoms with Crippen molar-refractivity contribution in [3.05, 3.63) is 23.8 Å². The molecule has 1 amide bonds. The molecule has 0 aromatic heterocycles. The molecule has 8 nitrogen and oxygen atoms in total. The Balaban J connectivity index is 2.02. The Labute approximate surface area is 136 Å². The number of hydrogen-bond donors (Lipinski definition) is 3. The maximum Gasteiger partial charge on any atom is 0.305 e. The lowest BCUT2D eigenvalue weighted by Gasteiger charge is -2.05. The SMILES string of the molecule is CCOc1cc(/C=N\N=C2\NC(=O)[C@H](CC(=O)O)S2)ccc1O. The summed E-state index contributed by atoms with van der Waals surface area (Å²) in [6.45, 7) is 2.23. The number of thioether (sulfide) groups is 1. The summed E-state index contributed by atoms with van der Waals surface area (Å²) in [7, 11) is 0. The number of hydrogen-bond acceptors (Lipinski definition) is 7. The number of phenols is 1. The van der Waals surface area contributed by atoms with Crippen molar-refractivity contribution in [2.75, 3.05) is 6.61 Å². The van der Waals surface area contributed by atoms with Crippen molar-refractivity contribution >= 4 is 35.0 Å². The molecule has 1 aromatic rings. The summed E-state index contributed by atoms with van der Waals surface area (Å²) in [6, 6.07) is 4.72. The Morgan fingerprint density at radius 1 is 1.52 bits per heavy atom. The predicted molar refractivity (Wildman–Crippen MR) is 86.1 cm³/mol. The molecule has 0 spiro atoms. The number of nitrogens with one attached hydrogen (secondary N) is 1. The first kappa shape index (κ1) is 16.8. The number of ether oxygens (including phenoxy) is 1. The highest BCUT2D eigenvalue weighted by molar-refractivity contribution is 8.15. The quantitative estimate of drug-likeness (QED) is 0.529. The van der Waals surface area contributed by atoms with E-state index in [1.54, 1.807) is 19.1 Å². The van der Waals surface area contributed by atoms with Gasteiger partial charge >= 0.3 is 5.97 Å². The molecule has 1 aromatic carbocycles. The zero-order valence-corrected chi connectivity index (χ0v) is 13.0. The van der Waals surface area contributed by atoms with Gasteiger partial charge in [0.25, 0.3) is 0 Å². The maximum absolute atomic E-state index is 11.5. The molecular formula is C14H15N3O5S. The van der Waals surface area contributed by atoms with E-state index in [0.717, 1.165) is 11.8 Å². The minimum absolute atomic E-state index is 0.0328. The second-order valence-corrected chi connectivity index (χ2v) is 5.69. The lowest BCUT2D eigenvalue weighted by molar-refractivity contribution is -0.138. The number of carbonyl (C=O) groups is 2. The van der Waals surface area contributed by atoms with Crippen LogP contribution >= 0.6 is 11.8 Å². The molecule has 1 aliphatic rings. The summed E-state index contributed by atoms with van der Waals surface area (Å²) in [5, 5.41) is 28.0. The fourth-order valence-corrected chi connectivity index (χ4v) is 2.69. The third-order valence-corrected chi connectivity index (χ3v) is 3.85. The van der Waals surface area contributed by atoms with Crippen LogP contribution in [0.1, 0.15) is 18.9 Å². The van der Waals surface area contributed by atoms with Gasteiger partial charge in [0.1, 0.15) is 5.25 Å². The van der Waals surface area contributed by atoms with Gasteiger partial charge in [-0.25, -0.2) is 0 Å². The van der Waals surface area contributed by atoms with E-state index in [2.05, 4.69) is 15.5 Å². The van der Waals surface area contributed by atoms with E-state index < -0.39 is 17.1 Å². The van der Waals surface area contributed by atoms with Crippen molar-refractivity contribution in [1.29, 1.82) is 0 Å². The largest absolute Gasteiger partial charge is 0.504 e. The molecule has 1 fully saturated rings. The number of phenolic OH excluding ortho intramolecular Hbond substituents is 1. The maximum atomic E-state index is 11.5. The molecule has 1 aliphatic heterocycles. The highest BCUT2D eigenvalue weighted by Crippen LogP contribution is 2.26. The fourth-order valence-electron chi connectivity index (χ4n) is 1.78. The normalized spacial score (nSPS) is 19.3. The Morgan fingerprint density at radius 3 is 3.00 bits per heavy atom. The zero-order chi connectivity index (χ0) is 16.8. The monoisotopic (exact) mass is 337 g/mol. The average molecular weight is 337 g/mol. The molecule has 0 saturated carbocycles. The van der Waals surface area contributed by atoms with Crippen molar-refractivity contribution in [1.82, 2.24) is 5.32 Å².